The van der Waals surface area contributed by atoms with Crippen molar-refractivity contribution in [3.05, 3.63) is 21.6 Å². The molecule has 7 nitrogen and oxygen atoms in total. The number of nitrogens with zero attached hydrogens (tertiary/aromatic N) is 4. The lowest BCUT2D eigenvalue weighted by atomic mass is 10.3. The molecule has 0 unspecified atom stereocenters. The molecule has 1 N–H and O–H groups in total. The molecule has 0 atom stereocenters. The highest BCUT2D eigenvalue weighted by molar-refractivity contribution is 6.28. The fourth-order valence-corrected chi connectivity index (χ4v) is 1.53. The summed E-state index contributed by atoms with van der Waals surface area (Å²) in [5.74, 6) is 0.124. The first kappa shape index (κ1) is 13.6. The minimum absolute atomic E-state index is 0.0492. The molecule has 1 aromatic heterocycles. The van der Waals surface area contributed by atoms with Crippen LogP contribution in [0.25, 0.3) is 0 Å². The van der Waals surface area contributed by atoms with Gasteiger partial charge in [-0.2, -0.15) is 4.98 Å². The van der Waals surface area contributed by atoms with Gasteiger partial charge >= 0.3 is 5.69 Å². The maximum absolute atomic E-state index is 10.9. The SMILES string of the molecule is CC(C)N(CCO)c1nc(Cl)ncc1[N+](=O)[O-]. The minimum Gasteiger partial charge on any atom is -0.395 e. The third-order valence-corrected chi connectivity index (χ3v) is 2.34. The van der Waals surface area contributed by atoms with E-state index in [9.17, 15) is 10.1 Å². The number of nitro groups is 1. The lowest BCUT2D eigenvalue weighted by Crippen LogP contribution is -2.34. The third kappa shape index (κ3) is 3.24. The molecule has 0 aliphatic carbocycles. The summed E-state index contributed by atoms with van der Waals surface area (Å²) in [6, 6.07) is -0.0492. The van der Waals surface area contributed by atoms with Crippen LogP contribution >= 0.6 is 11.6 Å². The van der Waals surface area contributed by atoms with Crippen LogP contribution in [-0.4, -0.2) is 39.2 Å². The highest BCUT2D eigenvalue weighted by Gasteiger charge is 2.24. The predicted octanol–water partition coefficient (Wildman–Crippen LogP) is 1.25. The van der Waals surface area contributed by atoms with Gasteiger partial charge in [0.1, 0.15) is 6.20 Å². The van der Waals surface area contributed by atoms with E-state index < -0.39 is 4.92 Å². The second kappa shape index (κ2) is 5.74. The number of aliphatic hydroxyl groups is 1. The van der Waals surface area contributed by atoms with Crippen molar-refractivity contribution in [1.29, 1.82) is 0 Å². The van der Waals surface area contributed by atoms with Gasteiger partial charge in [0.15, 0.2) is 0 Å². The van der Waals surface area contributed by atoms with Gasteiger partial charge in [-0.15, -0.1) is 0 Å². The number of anilines is 1. The Balaban J connectivity index is 3.24. The fourth-order valence-electron chi connectivity index (χ4n) is 1.40. The third-order valence-electron chi connectivity index (χ3n) is 2.15. The minimum atomic E-state index is -0.571. The normalized spacial score (nSPS) is 10.6. The monoisotopic (exact) mass is 260 g/mol. The van der Waals surface area contributed by atoms with Crippen molar-refractivity contribution in [2.45, 2.75) is 19.9 Å². The van der Waals surface area contributed by atoms with E-state index in [-0.39, 0.29) is 36.0 Å². The molecule has 1 heterocycles. The Morgan fingerprint density at radius 2 is 2.29 bits per heavy atom. The second-order valence-electron chi connectivity index (χ2n) is 3.62. The van der Waals surface area contributed by atoms with E-state index in [0.29, 0.717) is 0 Å². The lowest BCUT2D eigenvalue weighted by Gasteiger charge is -2.26. The number of hydrogen-bond donors (Lipinski definition) is 1. The Hall–Kier alpha value is -1.47. The molecule has 0 fully saturated rings. The first-order valence-corrected chi connectivity index (χ1v) is 5.39. The number of aliphatic hydroxyl groups excluding tert-OH is 1. The van der Waals surface area contributed by atoms with Crippen molar-refractivity contribution in [1.82, 2.24) is 9.97 Å². The van der Waals surface area contributed by atoms with Crippen molar-refractivity contribution in [2.24, 2.45) is 0 Å². The van der Waals surface area contributed by atoms with E-state index >= 15 is 0 Å². The van der Waals surface area contributed by atoms with Crippen molar-refractivity contribution in [3.8, 4) is 0 Å². The number of hydrogen-bond acceptors (Lipinski definition) is 6. The maximum Gasteiger partial charge on any atom is 0.329 e. The van der Waals surface area contributed by atoms with Crippen molar-refractivity contribution < 1.29 is 10.0 Å². The van der Waals surface area contributed by atoms with Crippen LogP contribution < -0.4 is 4.90 Å². The fraction of sp³-hybridized carbons (Fsp3) is 0.556. The highest BCUT2D eigenvalue weighted by Crippen LogP contribution is 2.27. The largest absolute Gasteiger partial charge is 0.395 e. The summed E-state index contributed by atoms with van der Waals surface area (Å²) in [6.07, 6.45) is 1.07. The average molecular weight is 261 g/mol. The van der Waals surface area contributed by atoms with Gasteiger partial charge in [-0.1, -0.05) is 0 Å². The van der Waals surface area contributed by atoms with Gasteiger partial charge in [-0.25, -0.2) is 4.98 Å². The Morgan fingerprint density at radius 1 is 1.65 bits per heavy atom. The molecule has 0 aliphatic heterocycles. The number of halogens is 1. The van der Waals surface area contributed by atoms with Gasteiger partial charge in [0.25, 0.3) is 0 Å². The van der Waals surface area contributed by atoms with Crippen LogP contribution in [0, 0.1) is 10.1 Å². The molecular formula is C9H13ClN4O3. The number of aromatic nitrogens is 2. The van der Waals surface area contributed by atoms with Gasteiger partial charge in [0.05, 0.1) is 11.5 Å². The molecular weight excluding hydrogens is 248 g/mol. The van der Waals surface area contributed by atoms with Crippen LogP contribution in [0.2, 0.25) is 5.28 Å². The molecule has 94 valence electrons. The van der Waals surface area contributed by atoms with Gasteiger partial charge in [0, 0.05) is 12.6 Å². The molecule has 0 aromatic carbocycles. The molecule has 1 rings (SSSR count). The zero-order chi connectivity index (χ0) is 13.0. The van der Waals surface area contributed by atoms with Crippen molar-refractivity contribution in [2.75, 3.05) is 18.1 Å². The lowest BCUT2D eigenvalue weighted by molar-refractivity contribution is -0.384. The summed E-state index contributed by atoms with van der Waals surface area (Å²) in [7, 11) is 0. The van der Waals surface area contributed by atoms with E-state index in [2.05, 4.69) is 9.97 Å². The van der Waals surface area contributed by atoms with Crippen molar-refractivity contribution in [3.63, 3.8) is 0 Å². The van der Waals surface area contributed by atoms with Crippen LogP contribution in [0.1, 0.15) is 13.8 Å². The van der Waals surface area contributed by atoms with E-state index in [1.807, 2.05) is 13.8 Å². The van der Waals surface area contributed by atoms with E-state index in [1.54, 1.807) is 4.90 Å². The predicted molar refractivity (Wildman–Crippen MR) is 63.3 cm³/mol. The Labute approximate surface area is 103 Å². The van der Waals surface area contributed by atoms with Gasteiger partial charge in [-0.3, -0.25) is 10.1 Å². The van der Waals surface area contributed by atoms with Gasteiger partial charge in [-0.05, 0) is 25.4 Å². The maximum atomic E-state index is 10.9. The summed E-state index contributed by atoms with van der Waals surface area (Å²) in [5, 5.41) is 19.8. The molecule has 8 heteroatoms. The van der Waals surface area contributed by atoms with Crippen LogP contribution in [0.4, 0.5) is 11.5 Å². The molecule has 0 bridgehead atoms. The summed E-state index contributed by atoms with van der Waals surface area (Å²) in [6.45, 7) is 3.80. The van der Waals surface area contributed by atoms with Crippen LogP contribution in [-0.2, 0) is 0 Å². The summed E-state index contributed by atoms with van der Waals surface area (Å²) in [5.41, 5.74) is -0.225. The first-order chi connectivity index (χ1) is 7.97. The number of rotatable bonds is 5. The molecule has 0 amide bonds. The molecule has 0 aliphatic rings. The topological polar surface area (TPSA) is 92.4 Å². The van der Waals surface area contributed by atoms with E-state index in [1.165, 1.54) is 0 Å². The first-order valence-electron chi connectivity index (χ1n) is 5.01. The summed E-state index contributed by atoms with van der Waals surface area (Å²) < 4.78 is 0. The van der Waals surface area contributed by atoms with Gasteiger partial charge in [0.2, 0.25) is 11.1 Å². The van der Waals surface area contributed by atoms with E-state index in [0.717, 1.165) is 6.20 Å². The Bertz CT molecular complexity index is 413. The zero-order valence-corrected chi connectivity index (χ0v) is 10.3. The average Bonchev–Trinajstić information content (AvgIpc) is 2.24. The molecule has 0 saturated carbocycles. The quantitative estimate of drug-likeness (QED) is 0.486. The Kier molecular flexibility index (Phi) is 4.59. The van der Waals surface area contributed by atoms with Crippen LogP contribution in [0.3, 0.4) is 0 Å². The molecule has 0 saturated heterocycles. The molecule has 17 heavy (non-hydrogen) atoms. The van der Waals surface area contributed by atoms with Gasteiger partial charge < -0.3 is 10.0 Å². The molecule has 0 radical (unpaired) electrons. The van der Waals surface area contributed by atoms with Crippen LogP contribution in [0.5, 0.6) is 0 Å². The smallest absolute Gasteiger partial charge is 0.329 e. The molecule has 0 spiro atoms. The van der Waals surface area contributed by atoms with Crippen LogP contribution in [0.15, 0.2) is 6.20 Å². The standard InChI is InChI=1S/C9H13ClN4O3/c1-6(2)13(3-4-15)8-7(14(16)17)5-11-9(10)12-8/h5-6,15H,3-4H2,1-2H3. The van der Waals surface area contributed by atoms with Crippen molar-refractivity contribution >= 4 is 23.1 Å². The highest BCUT2D eigenvalue weighted by atomic mass is 35.5. The summed E-state index contributed by atoms with van der Waals surface area (Å²) >= 11 is 5.64. The molecule has 1 aromatic rings. The zero-order valence-electron chi connectivity index (χ0n) is 9.50. The van der Waals surface area contributed by atoms with E-state index in [4.69, 9.17) is 16.7 Å². The Morgan fingerprint density at radius 3 is 2.76 bits per heavy atom. The summed E-state index contributed by atoms with van der Waals surface area (Å²) in [4.78, 5) is 19.3. The second-order valence-corrected chi connectivity index (χ2v) is 3.95.